The number of rotatable bonds is 2. The van der Waals surface area contributed by atoms with E-state index in [4.69, 9.17) is 5.73 Å². The van der Waals surface area contributed by atoms with Gasteiger partial charge in [0, 0.05) is 6.54 Å². The van der Waals surface area contributed by atoms with Gasteiger partial charge in [0.25, 0.3) is 0 Å². The van der Waals surface area contributed by atoms with E-state index in [-0.39, 0.29) is 0 Å². The van der Waals surface area contributed by atoms with Crippen LogP contribution in [0.5, 0.6) is 0 Å². The Morgan fingerprint density at radius 2 is 1.88 bits per heavy atom. The maximum absolute atomic E-state index is 6.20. The quantitative estimate of drug-likeness (QED) is 0.744. The number of nitrogens with zero attached hydrogens (tertiary/aromatic N) is 1. The topological polar surface area (TPSA) is 29.3 Å². The van der Waals surface area contributed by atoms with Gasteiger partial charge in [0.05, 0.1) is 6.17 Å². The molecule has 2 nitrogen and oxygen atoms in total. The number of hydrogen-bond donors (Lipinski definition) is 1. The van der Waals surface area contributed by atoms with Gasteiger partial charge in [0.1, 0.15) is 0 Å². The summed E-state index contributed by atoms with van der Waals surface area (Å²) in [6.07, 6.45) is 16.3. The fraction of sp³-hybridized carbons (Fsp3) is 0.867. The first kappa shape index (κ1) is 13.1. The third-order valence-electron chi connectivity index (χ3n) is 4.21. The summed E-state index contributed by atoms with van der Waals surface area (Å²) in [5.41, 5.74) is 7.85. The van der Waals surface area contributed by atoms with Gasteiger partial charge in [-0.15, -0.1) is 0 Å². The highest BCUT2D eigenvalue weighted by molar-refractivity contribution is 5.05. The van der Waals surface area contributed by atoms with Gasteiger partial charge in [-0.25, -0.2) is 0 Å². The first-order chi connectivity index (χ1) is 8.36. The molecule has 0 aromatic heterocycles. The van der Waals surface area contributed by atoms with Crippen LogP contribution in [0.15, 0.2) is 11.6 Å². The second kappa shape index (κ2) is 7.17. The van der Waals surface area contributed by atoms with Crippen molar-refractivity contribution in [2.45, 2.75) is 70.4 Å². The average molecular weight is 236 g/mol. The van der Waals surface area contributed by atoms with Crippen molar-refractivity contribution in [2.24, 2.45) is 5.73 Å². The van der Waals surface area contributed by atoms with E-state index in [9.17, 15) is 0 Å². The predicted octanol–water partition coefficient (Wildman–Crippen LogP) is 3.43. The van der Waals surface area contributed by atoms with Gasteiger partial charge in [-0.1, -0.05) is 30.9 Å². The normalized spacial score (nSPS) is 32.1. The molecule has 0 radical (unpaired) electrons. The van der Waals surface area contributed by atoms with Crippen LogP contribution in [0.25, 0.3) is 0 Å². The molecule has 1 aliphatic carbocycles. The molecule has 1 fully saturated rings. The molecule has 0 aromatic rings. The zero-order chi connectivity index (χ0) is 11.9. The number of nitrogens with two attached hydrogens (primary N) is 1. The lowest BCUT2D eigenvalue weighted by atomic mass is 10.0. The van der Waals surface area contributed by atoms with Crippen LogP contribution in [0.2, 0.25) is 0 Å². The molecule has 0 spiro atoms. The number of hydrogen-bond acceptors (Lipinski definition) is 2. The smallest absolute Gasteiger partial charge is 0.0574 e. The van der Waals surface area contributed by atoms with Crippen molar-refractivity contribution in [1.82, 2.24) is 4.90 Å². The van der Waals surface area contributed by atoms with Crippen LogP contribution in [0, 0.1) is 0 Å². The fourth-order valence-corrected chi connectivity index (χ4v) is 3.05. The minimum Gasteiger partial charge on any atom is -0.316 e. The Morgan fingerprint density at radius 3 is 2.76 bits per heavy atom. The van der Waals surface area contributed by atoms with E-state index in [0.717, 1.165) is 6.54 Å². The zero-order valence-electron chi connectivity index (χ0n) is 11.2. The Bertz CT molecular complexity index is 247. The molecule has 0 bridgehead atoms. The van der Waals surface area contributed by atoms with Gasteiger partial charge in [-0.05, 0) is 51.5 Å². The summed E-state index contributed by atoms with van der Waals surface area (Å²) < 4.78 is 0. The van der Waals surface area contributed by atoms with Crippen molar-refractivity contribution in [1.29, 1.82) is 0 Å². The Kier molecular flexibility index (Phi) is 5.53. The van der Waals surface area contributed by atoms with E-state index in [1.165, 1.54) is 70.8 Å². The van der Waals surface area contributed by atoms with Crippen LogP contribution in [-0.2, 0) is 0 Å². The molecule has 2 aliphatic rings. The highest BCUT2D eigenvalue weighted by Gasteiger charge is 2.19. The molecule has 1 atom stereocenters. The summed E-state index contributed by atoms with van der Waals surface area (Å²) in [5.74, 6) is 0. The van der Waals surface area contributed by atoms with E-state index >= 15 is 0 Å². The minimum absolute atomic E-state index is 0.317. The molecule has 0 aromatic carbocycles. The lowest BCUT2D eigenvalue weighted by molar-refractivity contribution is 0.164. The van der Waals surface area contributed by atoms with Gasteiger partial charge >= 0.3 is 0 Å². The van der Waals surface area contributed by atoms with Crippen molar-refractivity contribution in [3.8, 4) is 0 Å². The summed E-state index contributed by atoms with van der Waals surface area (Å²) in [6.45, 7) is 2.35. The zero-order valence-corrected chi connectivity index (χ0v) is 11.2. The van der Waals surface area contributed by atoms with Crippen molar-refractivity contribution >= 4 is 0 Å². The monoisotopic (exact) mass is 236 g/mol. The minimum atomic E-state index is 0.317. The van der Waals surface area contributed by atoms with E-state index in [0.29, 0.717) is 6.17 Å². The summed E-state index contributed by atoms with van der Waals surface area (Å²) in [6, 6.07) is 0. The summed E-state index contributed by atoms with van der Waals surface area (Å²) in [4.78, 5) is 2.49. The molecule has 98 valence electrons. The molecule has 2 heteroatoms. The molecular weight excluding hydrogens is 208 g/mol. The van der Waals surface area contributed by atoms with E-state index in [1.54, 1.807) is 5.57 Å². The number of allylic oxidation sites excluding steroid dienone is 1. The van der Waals surface area contributed by atoms with Gasteiger partial charge in [0.2, 0.25) is 0 Å². The average Bonchev–Trinajstić information content (AvgIpc) is 2.46. The van der Waals surface area contributed by atoms with E-state index in [2.05, 4.69) is 11.0 Å². The molecule has 0 amide bonds. The van der Waals surface area contributed by atoms with E-state index < -0.39 is 0 Å². The number of piperidine rings is 1. The van der Waals surface area contributed by atoms with Crippen molar-refractivity contribution < 1.29 is 0 Å². The van der Waals surface area contributed by atoms with Crippen LogP contribution < -0.4 is 5.73 Å². The molecule has 17 heavy (non-hydrogen) atoms. The van der Waals surface area contributed by atoms with Crippen LogP contribution >= 0.6 is 0 Å². The third kappa shape index (κ3) is 4.44. The van der Waals surface area contributed by atoms with Crippen molar-refractivity contribution in [3.63, 3.8) is 0 Å². The Balaban J connectivity index is 1.85. The molecule has 2 N–H and O–H groups in total. The molecule has 2 rings (SSSR count). The molecule has 0 saturated carbocycles. The summed E-state index contributed by atoms with van der Waals surface area (Å²) >= 11 is 0. The largest absolute Gasteiger partial charge is 0.316 e. The second-order valence-corrected chi connectivity index (χ2v) is 5.70. The summed E-state index contributed by atoms with van der Waals surface area (Å²) in [7, 11) is 0. The standard InChI is InChI=1S/C15H28N2/c16-15-11-7-8-12-17(15)13-14-9-5-3-1-2-4-6-10-14/h9,15H,1-8,10-13,16H2/b14-9+. The first-order valence-electron chi connectivity index (χ1n) is 7.54. The predicted molar refractivity (Wildman–Crippen MR) is 73.8 cm³/mol. The highest BCUT2D eigenvalue weighted by atomic mass is 15.2. The van der Waals surface area contributed by atoms with Gasteiger partial charge in [-0.2, -0.15) is 0 Å². The Morgan fingerprint density at radius 1 is 1.06 bits per heavy atom. The molecule has 1 unspecified atom stereocenters. The Labute approximate surface area is 106 Å². The number of likely N-dealkylation sites (tertiary alicyclic amines) is 1. The van der Waals surface area contributed by atoms with Crippen LogP contribution in [-0.4, -0.2) is 24.2 Å². The van der Waals surface area contributed by atoms with Gasteiger partial charge in [-0.3, -0.25) is 4.90 Å². The SMILES string of the molecule is NC1CCCCN1C/C1=C/CCCCCCC1. The maximum atomic E-state index is 6.20. The molecule has 1 heterocycles. The Hall–Kier alpha value is -0.340. The van der Waals surface area contributed by atoms with Gasteiger partial charge in [0.15, 0.2) is 0 Å². The van der Waals surface area contributed by atoms with Gasteiger partial charge < -0.3 is 5.73 Å². The lowest BCUT2D eigenvalue weighted by Crippen LogP contribution is -2.46. The van der Waals surface area contributed by atoms with Crippen LogP contribution in [0.1, 0.15) is 64.2 Å². The van der Waals surface area contributed by atoms with Crippen LogP contribution in [0.4, 0.5) is 0 Å². The molecule has 1 aliphatic heterocycles. The fourth-order valence-electron chi connectivity index (χ4n) is 3.05. The third-order valence-corrected chi connectivity index (χ3v) is 4.21. The maximum Gasteiger partial charge on any atom is 0.0574 e. The highest BCUT2D eigenvalue weighted by Crippen LogP contribution is 2.20. The first-order valence-corrected chi connectivity index (χ1v) is 7.54. The lowest BCUT2D eigenvalue weighted by Gasteiger charge is -2.33. The second-order valence-electron chi connectivity index (χ2n) is 5.70. The van der Waals surface area contributed by atoms with E-state index in [1.807, 2.05) is 0 Å². The summed E-state index contributed by atoms with van der Waals surface area (Å²) in [5, 5.41) is 0. The van der Waals surface area contributed by atoms with Crippen molar-refractivity contribution in [3.05, 3.63) is 11.6 Å². The van der Waals surface area contributed by atoms with Crippen molar-refractivity contribution in [2.75, 3.05) is 13.1 Å². The molecular formula is C15H28N2. The van der Waals surface area contributed by atoms with Crippen LogP contribution in [0.3, 0.4) is 0 Å². The molecule has 1 saturated heterocycles.